The standard InChI is InChI=1S/C19H33N3O3/c1-19(2,3)25-18(23)21-15-14-7-8-24-17(14)16(15)20-11-9-12-5-6-13(10-11)22(12)4/h11-17,20H,5-10H2,1-4H3,(H,21,23). The molecule has 0 aromatic rings. The van der Waals surface area contributed by atoms with E-state index in [1.165, 1.54) is 25.7 Å². The van der Waals surface area contributed by atoms with E-state index >= 15 is 0 Å². The Morgan fingerprint density at radius 3 is 2.44 bits per heavy atom. The van der Waals surface area contributed by atoms with E-state index in [2.05, 4.69) is 22.6 Å². The van der Waals surface area contributed by atoms with E-state index in [4.69, 9.17) is 9.47 Å². The molecule has 4 aliphatic rings. The number of rotatable bonds is 3. The second-order valence-electron chi connectivity index (χ2n) is 9.37. The summed E-state index contributed by atoms with van der Waals surface area (Å²) in [6.07, 6.45) is 6.04. The van der Waals surface area contributed by atoms with Crippen molar-refractivity contribution in [3.05, 3.63) is 0 Å². The fraction of sp³-hybridized carbons (Fsp3) is 0.947. The van der Waals surface area contributed by atoms with E-state index in [0.29, 0.717) is 24.0 Å². The molecule has 4 fully saturated rings. The van der Waals surface area contributed by atoms with Gasteiger partial charge in [0.25, 0.3) is 0 Å². The maximum absolute atomic E-state index is 12.2. The molecule has 0 aromatic heterocycles. The van der Waals surface area contributed by atoms with E-state index < -0.39 is 5.60 Å². The van der Waals surface area contributed by atoms with Crippen molar-refractivity contribution in [3.8, 4) is 0 Å². The summed E-state index contributed by atoms with van der Waals surface area (Å²) in [7, 11) is 2.27. The number of carbonyl (C=O) groups is 1. The van der Waals surface area contributed by atoms with E-state index in [0.717, 1.165) is 13.0 Å². The lowest BCUT2D eigenvalue weighted by atomic mass is 9.71. The van der Waals surface area contributed by atoms with Crippen LogP contribution in [0.1, 0.15) is 52.9 Å². The van der Waals surface area contributed by atoms with E-state index in [1.807, 2.05) is 20.8 Å². The summed E-state index contributed by atoms with van der Waals surface area (Å²) in [5.41, 5.74) is -0.463. The number of hydrogen-bond donors (Lipinski definition) is 2. The van der Waals surface area contributed by atoms with Gasteiger partial charge < -0.3 is 25.0 Å². The van der Waals surface area contributed by atoms with Gasteiger partial charge in [-0.3, -0.25) is 0 Å². The topological polar surface area (TPSA) is 62.8 Å². The Kier molecular flexibility index (Phi) is 4.49. The van der Waals surface area contributed by atoms with Gasteiger partial charge in [-0.15, -0.1) is 0 Å². The average Bonchev–Trinajstić information content (AvgIpc) is 3.00. The zero-order chi connectivity index (χ0) is 17.8. The lowest BCUT2D eigenvalue weighted by molar-refractivity contribution is -0.0416. The van der Waals surface area contributed by atoms with Crippen molar-refractivity contribution in [2.45, 2.75) is 94.8 Å². The fourth-order valence-corrected chi connectivity index (χ4v) is 5.37. The average molecular weight is 351 g/mol. The second-order valence-corrected chi connectivity index (χ2v) is 9.37. The van der Waals surface area contributed by atoms with Crippen molar-refractivity contribution in [3.63, 3.8) is 0 Å². The SMILES string of the molecule is CN1C2CCC1CC(NC1C(NC(=O)OC(C)(C)C)C3CCOC31)C2. The first kappa shape index (κ1) is 17.6. The van der Waals surface area contributed by atoms with Gasteiger partial charge in [0.15, 0.2) is 0 Å². The highest BCUT2D eigenvalue weighted by atomic mass is 16.6. The summed E-state index contributed by atoms with van der Waals surface area (Å²) in [5, 5.41) is 6.96. The van der Waals surface area contributed by atoms with Gasteiger partial charge in [0, 0.05) is 30.7 Å². The summed E-state index contributed by atoms with van der Waals surface area (Å²) in [6.45, 7) is 6.51. The maximum atomic E-state index is 12.2. The molecular formula is C19H33N3O3. The number of fused-ring (bicyclic) bond motifs is 3. The minimum absolute atomic E-state index is 0.125. The molecule has 3 heterocycles. The molecule has 0 aromatic carbocycles. The molecule has 1 amide bonds. The molecule has 142 valence electrons. The smallest absolute Gasteiger partial charge is 0.407 e. The maximum Gasteiger partial charge on any atom is 0.407 e. The molecule has 6 nitrogen and oxygen atoms in total. The third-order valence-electron chi connectivity index (χ3n) is 6.60. The normalized spacial score (nSPS) is 43.4. The number of ether oxygens (including phenoxy) is 2. The van der Waals surface area contributed by atoms with Crippen LogP contribution in [-0.2, 0) is 9.47 Å². The van der Waals surface area contributed by atoms with Gasteiger partial charge in [-0.25, -0.2) is 4.79 Å². The third kappa shape index (κ3) is 3.40. The van der Waals surface area contributed by atoms with Gasteiger partial charge >= 0.3 is 6.09 Å². The van der Waals surface area contributed by atoms with Crippen molar-refractivity contribution in [1.82, 2.24) is 15.5 Å². The van der Waals surface area contributed by atoms with Gasteiger partial charge in [0.1, 0.15) is 5.60 Å². The summed E-state index contributed by atoms with van der Waals surface area (Å²) < 4.78 is 11.4. The first-order valence-electron chi connectivity index (χ1n) is 9.91. The molecule has 6 unspecified atom stereocenters. The molecule has 1 saturated carbocycles. The molecule has 0 radical (unpaired) electrons. The zero-order valence-electron chi connectivity index (χ0n) is 16.0. The molecule has 3 saturated heterocycles. The van der Waals surface area contributed by atoms with Gasteiger partial charge in [-0.1, -0.05) is 0 Å². The van der Waals surface area contributed by atoms with Crippen LogP contribution < -0.4 is 10.6 Å². The Bertz CT molecular complexity index is 507. The van der Waals surface area contributed by atoms with Gasteiger partial charge in [0.2, 0.25) is 0 Å². The first-order chi connectivity index (χ1) is 11.8. The highest BCUT2D eigenvalue weighted by Gasteiger charge is 2.55. The molecule has 1 aliphatic carbocycles. The number of hydrogen-bond acceptors (Lipinski definition) is 5. The molecular weight excluding hydrogens is 318 g/mol. The lowest BCUT2D eigenvalue weighted by Crippen LogP contribution is -2.72. The second kappa shape index (κ2) is 6.39. The van der Waals surface area contributed by atoms with E-state index in [1.54, 1.807) is 0 Å². The quantitative estimate of drug-likeness (QED) is 0.813. The summed E-state index contributed by atoms with van der Waals surface area (Å²) in [6, 6.07) is 2.31. The van der Waals surface area contributed by atoms with Crippen molar-refractivity contribution in [1.29, 1.82) is 0 Å². The van der Waals surface area contributed by atoms with E-state index in [-0.39, 0.29) is 24.3 Å². The van der Waals surface area contributed by atoms with Crippen LogP contribution in [0.3, 0.4) is 0 Å². The number of nitrogens with zero attached hydrogens (tertiary/aromatic N) is 1. The van der Waals surface area contributed by atoms with Gasteiger partial charge in [0.05, 0.1) is 18.2 Å². The number of amides is 1. The minimum atomic E-state index is -0.463. The third-order valence-corrected chi connectivity index (χ3v) is 6.60. The Labute approximate surface area is 151 Å². The van der Waals surface area contributed by atoms with Crippen LogP contribution in [-0.4, -0.2) is 66.6 Å². The predicted molar refractivity (Wildman–Crippen MR) is 95.5 cm³/mol. The van der Waals surface area contributed by atoms with Crippen LogP contribution in [0.25, 0.3) is 0 Å². The van der Waals surface area contributed by atoms with E-state index in [9.17, 15) is 4.79 Å². The number of nitrogens with one attached hydrogen (secondary N) is 2. The summed E-state index contributed by atoms with van der Waals surface area (Å²) in [4.78, 5) is 14.8. The number of carbonyl (C=O) groups excluding carboxylic acids is 1. The molecule has 6 atom stereocenters. The van der Waals surface area contributed by atoms with Crippen molar-refractivity contribution in [2.24, 2.45) is 5.92 Å². The molecule has 0 spiro atoms. The highest BCUT2D eigenvalue weighted by Crippen LogP contribution is 2.41. The van der Waals surface area contributed by atoms with Crippen molar-refractivity contribution >= 4 is 6.09 Å². The fourth-order valence-electron chi connectivity index (χ4n) is 5.37. The first-order valence-corrected chi connectivity index (χ1v) is 9.91. The van der Waals surface area contributed by atoms with Crippen LogP contribution in [0.4, 0.5) is 4.79 Å². The van der Waals surface area contributed by atoms with Crippen LogP contribution >= 0.6 is 0 Å². The molecule has 2 N–H and O–H groups in total. The Balaban J connectivity index is 1.37. The minimum Gasteiger partial charge on any atom is -0.444 e. The van der Waals surface area contributed by atoms with Gasteiger partial charge in [-0.05, 0) is 59.9 Å². The van der Waals surface area contributed by atoms with Crippen molar-refractivity contribution in [2.75, 3.05) is 13.7 Å². The Morgan fingerprint density at radius 1 is 1.12 bits per heavy atom. The van der Waals surface area contributed by atoms with Crippen LogP contribution in [0.2, 0.25) is 0 Å². The molecule has 4 rings (SSSR count). The zero-order valence-corrected chi connectivity index (χ0v) is 16.0. The Hall–Kier alpha value is -0.850. The summed E-state index contributed by atoms with van der Waals surface area (Å²) >= 11 is 0. The van der Waals surface area contributed by atoms with Crippen molar-refractivity contribution < 1.29 is 14.3 Å². The van der Waals surface area contributed by atoms with Gasteiger partial charge in [-0.2, -0.15) is 0 Å². The molecule has 3 aliphatic heterocycles. The van der Waals surface area contributed by atoms with Crippen LogP contribution in [0.5, 0.6) is 0 Å². The molecule has 25 heavy (non-hydrogen) atoms. The highest BCUT2D eigenvalue weighted by molar-refractivity contribution is 5.68. The van der Waals surface area contributed by atoms with Crippen LogP contribution in [0.15, 0.2) is 0 Å². The molecule has 2 bridgehead atoms. The number of alkyl carbamates (subject to hydrolysis) is 1. The monoisotopic (exact) mass is 351 g/mol. The number of piperidine rings is 1. The largest absolute Gasteiger partial charge is 0.444 e. The van der Waals surface area contributed by atoms with Crippen LogP contribution in [0, 0.1) is 5.92 Å². The Morgan fingerprint density at radius 2 is 1.80 bits per heavy atom. The predicted octanol–water partition coefficient (Wildman–Crippen LogP) is 1.88. The lowest BCUT2D eigenvalue weighted by Gasteiger charge is -2.50. The molecule has 6 heteroatoms. The summed E-state index contributed by atoms with van der Waals surface area (Å²) in [5.74, 6) is 0.424.